The Bertz CT molecular complexity index is 1260. The fourth-order valence-electron chi connectivity index (χ4n) is 3.90. The number of amidine groups is 2. The Kier molecular flexibility index (Phi) is 5.79. The summed E-state index contributed by atoms with van der Waals surface area (Å²) >= 11 is 1.34. The molecule has 0 spiro atoms. The molecule has 7 heteroatoms. The normalized spacial score (nSPS) is 17.5. The lowest BCUT2D eigenvalue weighted by Crippen LogP contribution is -2.45. The van der Waals surface area contributed by atoms with Crippen molar-refractivity contribution in [2.75, 3.05) is 5.32 Å². The number of carbonyl (C=O) groups excluding carboxylic acids is 2. The molecular weight excluding hydrogens is 432 g/mol. The molecule has 1 N–H and O–H groups in total. The van der Waals surface area contributed by atoms with E-state index in [4.69, 9.17) is 4.99 Å². The molecule has 2 heterocycles. The fraction of sp³-hybridized carbons (Fsp3) is 0.154. The van der Waals surface area contributed by atoms with Crippen LogP contribution in [0.1, 0.15) is 18.1 Å². The Morgan fingerprint density at radius 3 is 2.39 bits per heavy atom. The second-order valence-electron chi connectivity index (χ2n) is 7.88. The highest BCUT2D eigenvalue weighted by Gasteiger charge is 2.42. The van der Waals surface area contributed by atoms with Gasteiger partial charge in [0.1, 0.15) is 11.9 Å². The van der Waals surface area contributed by atoms with Gasteiger partial charge in [-0.1, -0.05) is 72.4 Å². The zero-order valence-electron chi connectivity index (χ0n) is 18.0. The first-order valence-corrected chi connectivity index (χ1v) is 11.6. The molecule has 0 fully saturated rings. The summed E-state index contributed by atoms with van der Waals surface area (Å²) in [6.07, 6.45) is 0.513. The summed E-state index contributed by atoms with van der Waals surface area (Å²) in [7, 11) is 0. The Morgan fingerprint density at radius 2 is 1.64 bits per heavy atom. The molecule has 3 aromatic carbocycles. The summed E-state index contributed by atoms with van der Waals surface area (Å²) in [5, 5.41) is 3.12. The van der Waals surface area contributed by atoms with E-state index in [2.05, 4.69) is 10.3 Å². The topological polar surface area (TPSA) is 74.1 Å². The van der Waals surface area contributed by atoms with E-state index in [9.17, 15) is 9.59 Å². The van der Waals surface area contributed by atoms with Gasteiger partial charge in [0.15, 0.2) is 5.17 Å². The van der Waals surface area contributed by atoms with Gasteiger partial charge >= 0.3 is 0 Å². The van der Waals surface area contributed by atoms with Crippen LogP contribution in [0.25, 0.3) is 0 Å². The SMILES string of the molecule is CC(SC1=Nc2ccccc2C2=NC(=O)C(Cc3ccccc3)N12)C(=O)Nc1ccccc1. The third-order valence-corrected chi connectivity index (χ3v) is 6.64. The largest absolute Gasteiger partial charge is 0.325 e. The summed E-state index contributed by atoms with van der Waals surface area (Å²) in [6, 6.07) is 26.4. The molecule has 2 unspecified atom stereocenters. The Balaban J connectivity index is 1.44. The van der Waals surface area contributed by atoms with Crippen molar-refractivity contribution in [3.8, 4) is 0 Å². The van der Waals surface area contributed by atoms with Gasteiger partial charge in [-0.25, -0.2) is 4.99 Å². The average Bonchev–Trinajstić information content (AvgIpc) is 3.16. The van der Waals surface area contributed by atoms with Crippen LogP contribution in [0.3, 0.4) is 0 Å². The minimum atomic E-state index is -0.494. The molecule has 5 rings (SSSR count). The number of anilines is 1. The Labute approximate surface area is 196 Å². The molecule has 0 bridgehead atoms. The number of thioether (sulfide) groups is 1. The number of carbonyl (C=O) groups is 2. The molecule has 33 heavy (non-hydrogen) atoms. The molecule has 0 aromatic heterocycles. The summed E-state index contributed by atoms with van der Waals surface area (Å²) < 4.78 is 0. The molecule has 0 radical (unpaired) electrons. The minimum Gasteiger partial charge on any atom is -0.325 e. The van der Waals surface area contributed by atoms with Gasteiger partial charge < -0.3 is 5.32 Å². The smallest absolute Gasteiger partial charge is 0.271 e. The van der Waals surface area contributed by atoms with Gasteiger partial charge in [0, 0.05) is 17.7 Å². The molecule has 0 saturated carbocycles. The van der Waals surface area contributed by atoms with Crippen LogP contribution in [0.5, 0.6) is 0 Å². The lowest BCUT2D eigenvalue weighted by molar-refractivity contribution is -0.119. The molecule has 0 aliphatic carbocycles. The highest BCUT2D eigenvalue weighted by molar-refractivity contribution is 8.14. The maximum atomic E-state index is 13.0. The lowest BCUT2D eigenvalue weighted by Gasteiger charge is -2.32. The maximum Gasteiger partial charge on any atom is 0.271 e. The second-order valence-corrected chi connectivity index (χ2v) is 9.18. The van der Waals surface area contributed by atoms with Crippen molar-refractivity contribution >= 4 is 46.0 Å². The van der Waals surface area contributed by atoms with Crippen LogP contribution in [0.15, 0.2) is 94.9 Å². The van der Waals surface area contributed by atoms with E-state index in [1.54, 1.807) is 0 Å². The maximum absolute atomic E-state index is 13.0. The molecule has 2 atom stereocenters. The van der Waals surface area contributed by atoms with Gasteiger partial charge in [-0.05, 0) is 36.8 Å². The minimum absolute atomic E-state index is 0.128. The van der Waals surface area contributed by atoms with Crippen molar-refractivity contribution < 1.29 is 9.59 Å². The molecule has 2 aliphatic rings. The number of nitrogens with zero attached hydrogens (tertiary/aromatic N) is 3. The molecule has 0 saturated heterocycles. The van der Waals surface area contributed by atoms with Crippen LogP contribution in [-0.4, -0.2) is 39.0 Å². The van der Waals surface area contributed by atoms with E-state index in [0.717, 1.165) is 22.5 Å². The first-order chi connectivity index (χ1) is 16.1. The first kappa shape index (κ1) is 21.2. The number of hydrogen-bond acceptors (Lipinski definition) is 5. The van der Waals surface area contributed by atoms with E-state index < -0.39 is 11.3 Å². The second kappa shape index (κ2) is 9.03. The molecular formula is C26H22N4O2S. The molecule has 164 valence electrons. The van der Waals surface area contributed by atoms with Gasteiger partial charge in [0.05, 0.1) is 10.9 Å². The van der Waals surface area contributed by atoms with Crippen molar-refractivity contribution in [1.29, 1.82) is 0 Å². The highest BCUT2D eigenvalue weighted by atomic mass is 32.2. The Morgan fingerprint density at radius 1 is 0.970 bits per heavy atom. The highest BCUT2D eigenvalue weighted by Crippen LogP contribution is 2.36. The summed E-state index contributed by atoms with van der Waals surface area (Å²) in [5.74, 6) is 0.279. The van der Waals surface area contributed by atoms with Crippen molar-refractivity contribution in [2.24, 2.45) is 9.98 Å². The van der Waals surface area contributed by atoms with Gasteiger partial charge in [-0.3, -0.25) is 14.5 Å². The molecule has 6 nitrogen and oxygen atoms in total. The van der Waals surface area contributed by atoms with Crippen LogP contribution in [-0.2, 0) is 16.0 Å². The quantitative estimate of drug-likeness (QED) is 0.609. The van der Waals surface area contributed by atoms with Gasteiger partial charge in [0.25, 0.3) is 5.91 Å². The number of aliphatic imine (C=N–C) groups is 2. The zero-order valence-corrected chi connectivity index (χ0v) is 18.8. The third-order valence-electron chi connectivity index (χ3n) is 5.57. The third kappa shape index (κ3) is 4.32. The van der Waals surface area contributed by atoms with Gasteiger partial charge in [-0.15, -0.1) is 0 Å². The van der Waals surface area contributed by atoms with Crippen LogP contribution >= 0.6 is 11.8 Å². The fourth-order valence-corrected chi connectivity index (χ4v) is 4.86. The predicted molar refractivity (Wildman–Crippen MR) is 133 cm³/mol. The number of rotatable bonds is 5. The van der Waals surface area contributed by atoms with Crippen LogP contribution in [0.4, 0.5) is 11.4 Å². The average molecular weight is 455 g/mol. The number of para-hydroxylation sites is 2. The van der Waals surface area contributed by atoms with Crippen molar-refractivity contribution in [3.63, 3.8) is 0 Å². The van der Waals surface area contributed by atoms with Crippen molar-refractivity contribution in [1.82, 2.24) is 4.90 Å². The van der Waals surface area contributed by atoms with Crippen molar-refractivity contribution in [2.45, 2.75) is 24.6 Å². The molecule has 3 aromatic rings. The lowest BCUT2D eigenvalue weighted by atomic mass is 10.0. The zero-order chi connectivity index (χ0) is 22.8. The van der Waals surface area contributed by atoms with E-state index in [1.807, 2.05) is 96.8 Å². The summed E-state index contributed by atoms with van der Waals surface area (Å²) in [6.45, 7) is 1.84. The van der Waals surface area contributed by atoms with Gasteiger partial charge in [0.2, 0.25) is 5.91 Å². The standard InChI is InChI=1S/C26H22N4O2S/c1-17(24(31)27-19-12-6-3-7-13-19)33-26-28-21-15-9-8-14-20(21)23-29-25(32)22(30(23)26)16-18-10-4-2-5-11-18/h2-15,17,22H,16H2,1H3,(H,27,31). The number of benzene rings is 3. The molecule has 2 aliphatic heterocycles. The summed E-state index contributed by atoms with van der Waals surface area (Å²) in [5.41, 5.74) is 3.36. The first-order valence-electron chi connectivity index (χ1n) is 10.8. The number of nitrogens with one attached hydrogen (secondary N) is 1. The van der Waals surface area contributed by atoms with Gasteiger partial charge in [-0.2, -0.15) is 4.99 Å². The van der Waals surface area contributed by atoms with Crippen LogP contribution in [0.2, 0.25) is 0 Å². The molecule has 2 amide bonds. The predicted octanol–water partition coefficient (Wildman–Crippen LogP) is 4.65. The number of amides is 2. The number of fused-ring (bicyclic) bond motifs is 3. The van der Waals surface area contributed by atoms with Crippen LogP contribution < -0.4 is 5.32 Å². The monoisotopic (exact) mass is 454 g/mol. The Hall–Kier alpha value is -3.71. The van der Waals surface area contributed by atoms with E-state index >= 15 is 0 Å². The summed E-state index contributed by atoms with van der Waals surface area (Å²) in [4.78, 5) is 37.0. The van der Waals surface area contributed by atoms with E-state index in [-0.39, 0.29) is 11.8 Å². The van der Waals surface area contributed by atoms with Crippen LogP contribution in [0, 0.1) is 0 Å². The van der Waals surface area contributed by atoms with Crippen molar-refractivity contribution in [3.05, 3.63) is 96.1 Å². The van der Waals surface area contributed by atoms with E-state index in [1.165, 1.54) is 11.8 Å². The number of hydrogen-bond donors (Lipinski definition) is 1. The van der Waals surface area contributed by atoms with E-state index in [0.29, 0.717) is 17.4 Å².